The minimum absolute atomic E-state index is 0.0538. The summed E-state index contributed by atoms with van der Waals surface area (Å²) in [5.41, 5.74) is 0. The van der Waals surface area contributed by atoms with Crippen LogP contribution in [0.4, 0.5) is 4.39 Å². The van der Waals surface area contributed by atoms with Gasteiger partial charge in [-0.15, -0.1) is 0 Å². The van der Waals surface area contributed by atoms with E-state index < -0.39 is 0 Å². The molecule has 0 aromatic heterocycles. The van der Waals surface area contributed by atoms with Crippen molar-refractivity contribution in [1.29, 1.82) is 0 Å². The maximum absolute atomic E-state index is 12.9. The van der Waals surface area contributed by atoms with E-state index in [0.29, 0.717) is 31.9 Å². The van der Waals surface area contributed by atoms with Crippen molar-refractivity contribution >= 4 is 11.8 Å². The van der Waals surface area contributed by atoms with E-state index in [-0.39, 0.29) is 36.3 Å². The van der Waals surface area contributed by atoms with Crippen LogP contribution >= 0.6 is 0 Å². The van der Waals surface area contributed by atoms with Gasteiger partial charge in [0.2, 0.25) is 11.8 Å². The lowest BCUT2D eigenvalue weighted by atomic mass is 9.94. The molecule has 0 aliphatic carbocycles. The molecule has 2 aliphatic rings. The highest BCUT2D eigenvalue weighted by Crippen LogP contribution is 2.24. The van der Waals surface area contributed by atoms with Crippen molar-refractivity contribution in [2.75, 3.05) is 39.9 Å². The number of carbonyl (C=O) groups is 2. The Bertz CT molecular complexity index is 616. The standard InChI is InChI=1S/C18H23FN2O4/c1-24-12-17(22)20-8-2-3-13(9-20)18(23)21-10-16(11-21)25-15-6-4-14(19)5-7-15/h4-7,13,16H,2-3,8-12H2,1H3. The van der Waals surface area contributed by atoms with Gasteiger partial charge in [0.15, 0.2) is 0 Å². The summed E-state index contributed by atoms with van der Waals surface area (Å²) in [7, 11) is 1.49. The van der Waals surface area contributed by atoms with Crippen LogP contribution in [0, 0.1) is 11.7 Å². The molecule has 0 bridgehead atoms. The van der Waals surface area contributed by atoms with Crippen molar-refractivity contribution < 1.29 is 23.5 Å². The van der Waals surface area contributed by atoms with Crippen molar-refractivity contribution in [2.24, 2.45) is 5.92 Å². The normalized spacial score (nSPS) is 21.0. The highest BCUT2D eigenvalue weighted by molar-refractivity contribution is 5.82. The van der Waals surface area contributed by atoms with Crippen molar-refractivity contribution in [3.8, 4) is 5.75 Å². The number of hydrogen-bond acceptors (Lipinski definition) is 4. The minimum Gasteiger partial charge on any atom is -0.487 e. The number of benzene rings is 1. The predicted octanol–water partition coefficient (Wildman–Crippen LogP) is 1.30. The molecule has 1 aromatic carbocycles. The molecule has 0 spiro atoms. The fraction of sp³-hybridized carbons (Fsp3) is 0.556. The summed E-state index contributed by atoms with van der Waals surface area (Å²) in [6.45, 7) is 2.25. The van der Waals surface area contributed by atoms with Crippen LogP contribution in [0.2, 0.25) is 0 Å². The number of hydrogen-bond donors (Lipinski definition) is 0. The van der Waals surface area contributed by atoms with Gasteiger partial charge in [0, 0.05) is 20.2 Å². The van der Waals surface area contributed by atoms with E-state index in [1.807, 2.05) is 0 Å². The van der Waals surface area contributed by atoms with Gasteiger partial charge in [0.25, 0.3) is 0 Å². The molecule has 136 valence electrons. The number of carbonyl (C=O) groups excluding carboxylic acids is 2. The first-order valence-corrected chi connectivity index (χ1v) is 8.54. The third-order valence-corrected chi connectivity index (χ3v) is 4.67. The predicted molar refractivity (Wildman–Crippen MR) is 88.6 cm³/mol. The number of amides is 2. The van der Waals surface area contributed by atoms with E-state index in [2.05, 4.69) is 0 Å². The van der Waals surface area contributed by atoms with Crippen molar-refractivity contribution in [3.63, 3.8) is 0 Å². The second kappa shape index (κ2) is 7.82. The Morgan fingerprint density at radius 2 is 1.88 bits per heavy atom. The third kappa shape index (κ3) is 4.28. The average molecular weight is 350 g/mol. The number of likely N-dealkylation sites (tertiary alicyclic amines) is 2. The molecule has 25 heavy (non-hydrogen) atoms. The van der Waals surface area contributed by atoms with Gasteiger partial charge in [-0.05, 0) is 37.1 Å². The quantitative estimate of drug-likeness (QED) is 0.803. The van der Waals surface area contributed by atoms with Gasteiger partial charge in [-0.2, -0.15) is 0 Å². The maximum Gasteiger partial charge on any atom is 0.248 e. The summed E-state index contributed by atoms with van der Waals surface area (Å²) in [5.74, 6) is 0.159. The number of nitrogens with zero attached hydrogens (tertiary/aromatic N) is 2. The van der Waals surface area contributed by atoms with Crippen LogP contribution in [0.15, 0.2) is 24.3 Å². The Labute approximate surface area is 146 Å². The first kappa shape index (κ1) is 17.7. The summed E-state index contributed by atoms with van der Waals surface area (Å²) in [6.07, 6.45) is 1.56. The number of ether oxygens (including phenoxy) is 2. The van der Waals surface area contributed by atoms with Crippen LogP contribution in [-0.4, -0.2) is 67.6 Å². The largest absolute Gasteiger partial charge is 0.487 e. The molecule has 2 amide bonds. The molecule has 3 rings (SSSR count). The molecule has 2 saturated heterocycles. The van der Waals surface area contributed by atoms with E-state index in [1.165, 1.54) is 19.2 Å². The number of methoxy groups -OCH3 is 1. The van der Waals surface area contributed by atoms with Crippen molar-refractivity contribution in [1.82, 2.24) is 9.80 Å². The molecule has 7 heteroatoms. The van der Waals surface area contributed by atoms with Gasteiger partial charge in [0.1, 0.15) is 24.3 Å². The number of halogens is 1. The molecule has 2 heterocycles. The zero-order valence-electron chi connectivity index (χ0n) is 14.3. The Morgan fingerprint density at radius 3 is 2.56 bits per heavy atom. The van der Waals surface area contributed by atoms with Gasteiger partial charge >= 0.3 is 0 Å². The maximum atomic E-state index is 12.9. The molecular weight excluding hydrogens is 327 g/mol. The highest BCUT2D eigenvalue weighted by atomic mass is 19.1. The molecule has 0 saturated carbocycles. The molecule has 6 nitrogen and oxygen atoms in total. The SMILES string of the molecule is COCC(=O)N1CCCC(C(=O)N2CC(Oc3ccc(F)cc3)C2)C1. The van der Waals surface area contributed by atoms with Crippen molar-refractivity contribution in [2.45, 2.75) is 18.9 Å². The lowest BCUT2D eigenvalue weighted by molar-refractivity contribution is -0.148. The second-order valence-corrected chi connectivity index (χ2v) is 6.55. The average Bonchev–Trinajstić information content (AvgIpc) is 2.59. The van der Waals surface area contributed by atoms with Gasteiger partial charge in [0.05, 0.1) is 19.0 Å². The van der Waals surface area contributed by atoms with Crippen LogP contribution in [-0.2, 0) is 14.3 Å². The Morgan fingerprint density at radius 1 is 1.16 bits per heavy atom. The van der Waals surface area contributed by atoms with Gasteiger partial charge < -0.3 is 19.3 Å². The van der Waals surface area contributed by atoms with Crippen LogP contribution in [0.25, 0.3) is 0 Å². The summed E-state index contributed by atoms with van der Waals surface area (Å²) in [4.78, 5) is 28.0. The van der Waals surface area contributed by atoms with Crippen LogP contribution in [0.3, 0.4) is 0 Å². The zero-order chi connectivity index (χ0) is 17.8. The summed E-state index contributed by atoms with van der Waals surface area (Å²) < 4.78 is 23.5. The van der Waals surface area contributed by atoms with E-state index in [1.54, 1.807) is 21.9 Å². The van der Waals surface area contributed by atoms with Gasteiger partial charge in [-0.1, -0.05) is 0 Å². The fourth-order valence-electron chi connectivity index (χ4n) is 3.28. The topological polar surface area (TPSA) is 59.1 Å². The summed E-state index contributed by atoms with van der Waals surface area (Å²) in [5, 5.41) is 0. The number of rotatable bonds is 5. The monoisotopic (exact) mass is 350 g/mol. The first-order valence-electron chi connectivity index (χ1n) is 8.54. The molecule has 0 N–H and O–H groups in total. The van der Waals surface area contributed by atoms with E-state index in [9.17, 15) is 14.0 Å². The van der Waals surface area contributed by atoms with Crippen LogP contribution in [0.5, 0.6) is 5.75 Å². The summed E-state index contributed by atoms with van der Waals surface area (Å²) >= 11 is 0. The Hall–Kier alpha value is -2.15. The smallest absolute Gasteiger partial charge is 0.248 e. The van der Waals surface area contributed by atoms with Crippen molar-refractivity contribution in [3.05, 3.63) is 30.1 Å². The second-order valence-electron chi connectivity index (χ2n) is 6.55. The van der Waals surface area contributed by atoms with Gasteiger partial charge in [-0.25, -0.2) is 4.39 Å². The Balaban J connectivity index is 1.46. The molecule has 0 radical (unpaired) electrons. The Kier molecular flexibility index (Phi) is 5.53. The van der Waals surface area contributed by atoms with E-state index in [0.717, 1.165) is 12.8 Å². The van der Waals surface area contributed by atoms with Crippen LogP contribution in [0.1, 0.15) is 12.8 Å². The number of piperidine rings is 1. The van der Waals surface area contributed by atoms with Gasteiger partial charge in [-0.3, -0.25) is 9.59 Å². The summed E-state index contributed by atoms with van der Waals surface area (Å²) in [6, 6.07) is 5.87. The molecule has 2 aliphatic heterocycles. The van der Waals surface area contributed by atoms with E-state index >= 15 is 0 Å². The van der Waals surface area contributed by atoms with E-state index in [4.69, 9.17) is 9.47 Å². The molecule has 1 unspecified atom stereocenters. The lowest BCUT2D eigenvalue weighted by Crippen LogP contribution is -2.59. The minimum atomic E-state index is -0.303. The molecule has 2 fully saturated rings. The fourth-order valence-corrected chi connectivity index (χ4v) is 3.28. The van der Waals surface area contributed by atoms with Crippen LogP contribution < -0.4 is 4.74 Å². The lowest BCUT2D eigenvalue weighted by Gasteiger charge is -2.42. The molecular formula is C18H23FN2O4. The molecule has 1 atom stereocenters. The first-order chi connectivity index (χ1) is 12.1. The molecule has 1 aromatic rings. The zero-order valence-corrected chi connectivity index (χ0v) is 14.3. The highest BCUT2D eigenvalue weighted by Gasteiger charge is 2.37. The third-order valence-electron chi connectivity index (χ3n) is 4.67.